The molecule has 0 aromatic heterocycles. The van der Waals surface area contributed by atoms with Crippen LogP contribution in [0.15, 0.2) is 12.1 Å². The molecule has 0 unspecified atom stereocenters. The molecule has 0 spiro atoms. The quantitative estimate of drug-likeness (QED) is 0.845. The molecule has 1 heterocycles. The van der Waals surface area contributed by atoms with E-state index >= 15 is 0 Å². The summed E-state index contributed by atoms with van der Waals surface area (Å²) in [6.07, 6.45) is 0.800. The van der Waals surface area contributed by atoms with Crippen LogP contribution in [-0.2, 0) is 4.79 Å². The van der Waals surface area contributed by atoms with Crippen LogP contribution in [-0.4, -0.2) is 25.0 Å². The maximum absolute atomic E-state index is 11.2. The molecule has 92 valence electrons. The largest absolute Gasteiger partial charge is 0.489 e. The van der Waals surface area contributed by atoms with Crippen molar-refractivity contribution in [3.05, 3.63) is 17.2 Å². The number of hydrogen-bond donors (Lipinski definition) is 1. The van der Waals surface area contributed by atoms with Crippen molar-refractivity contribution in [3.8, 4) is 11.5 Å². The molecule has 0 saturated carbocycles. The van der Waals surface area contributed by atoms with Crippen molar-refractivity contribution in [2.24, 2.45) is 0 Å². The maximum atomic E-state index is 11.2. The summed E-state index contributed by atoms with van der Waals surface area (Å²) in [6, 6.07) is 3.29. The van der Waals surface area contributed by atoms with Crippen molar-refractivity contribution in [2.75, 3.05) is 24.4 Å². The van der Waals surface area contributed by atoms with Crippen molar-refractivity contribution < 1.29 is 14.3 Å². The summed E-state index contributed by atoms with van der Waals surface area (Å²) in [5.74, 6) is 0.664. The first-order valence-electron chi connectivity index (χ1n) is 5.15. The highest BCUT2D eigenvalue weighted by molar-refractivity contribution is 6.33. The van der Waals surface area contributed by atoms with E-state index in [4.69, 9.17) is 32.7 Å². The monoisotopic (exact) mass is 275 g/mol. The molecule has 0 bridgehead atoms. The zero-order chi connectivity index (χ0) is 12.3. The van der Waals surface area contributed by atoms with Gasteiger partial charge in [0.25, 0.3) is 0 Å². The molecule has 1 N–H and O–H groups in total. The van der Waals surface area contributed by atoms with E-state index in [-0.39, 0.29) is 11.8 Å². The van der Waals surface area contributed by atoms with Gasteiger partial charge in [-0.05, 0) is 6.07 Å². The fraction of sp³-hybridized carbons (Fsp3) is 0.364. The van der Waals surface area contributed by atoms with Gasteiger partial charge in [-0.15, -0.1) is 11.6 Å². The van der Waals surface area contributed by atoms with Crippen molar-refractivity contribution in [1.29, 1.82) is 0 Å². The van der Waals surface area contributed by atoms with Gasteiger partial charge in [0.2, 0.25) is 5.91 Å². The Labute approximate surface area is 109 Å². The fourth-order valence-electron chi connectivity index (χ4n) is 1.50. The first kappa shape index (κ1) is 12.3. The minimum absolute atomic E-state index is 0.105. The predicted octanol–water partition coefficient (Wildman–Crippen LogP) is 2.68. The Bertz CT molecular complexity index is 437. The number of rotatable bonds is 2. The van der Waals surface area contributed by atoms with Crippen molar-refractivity contribution in [1.82, 2.24) is 0 Å². The van der Waals surface area contributed by atoms with Crippen LogP contribution in [0.5, 0.6) is 11.5 Å². The number of nitrogens with one attached hydrogen (secondary N) is 1. The number of alkyl halides is 1. The average molecular weight is 276 g/mol. The molecule has 1 aromatic carbocycles. The molecule has 1 amide bonds. The number of fused-ring (bicyclic) bond motifs is 1. The molecule has 0 fully saturated rings. The van der Waals surface area contributed by atoms with Crippen LogP contribution in [0, 0.1) is 0 Å². The van der Waals surface area contributed by atoms with Crippen molar-refractivity contribution >= 4 is 34.8 Å². The van der Waals surface area contributed by atoms with Gasteiger partial charge >= 0.3 is 0 Å². The van der Waals surface area contributed by atoms with Gasteiger partial charge in [-0.25, -0.2) is 0 Å². The molecule has 0 saturated heterocycles. The van der Waals surface area contributed by atoms with Gasteiger partial charge in [-0.2, -0.15) is 0 Å². The lowest BCUT2D eigenvalue weighted by molar-refractivity contribution is -0.113. The number of carbonyl (C=O) groups is 1. The predicted molar refractivity (Wildman–Crippen MR) is 66.4 cm³/mol. The molecule has 0 radical (unpaired) electrons. The van der Waals surface area contributed by atoms with Crippen LogP contribution in [0.3, 0.4) is 0 Å². The minimum atomic E-state index is -0.294. The van der Waals surface area contributed by atoms with Gasteiger partial charge < -0.3 is 14.8 Å². The van der Waals surface area contributed by atoms with Crippen LogP contribution < -0.4 is 14.8 Å². The standard InChI is InChI=1S/C11H11Cl2NO3/c12-6-10(15)14-7-4-8(13)11-9(5-7)16-2-1-3-17-11/h4-5H,1-3,6H2,(H,14,15). The normalized spacial score (nSPS) is 14.0. The summed E-state index contributed by atoms with van der Waals surface area (Å²) in [5.41, 5.74) is 0.546. The molecule has 4 nitrogen and oxygen atoms in total. The van der Waals surface area contributed by atoms with Gasteiger partial charge in [-0.1, -0.05) is 11.6 Å². The van der Waals surface area contributed by atoms with E-state index in [0.29, 0.717) is 35.4 Å². The summed E-state index contributed by atoms with van der Waals surface area (Å²) >= 11 is 11.5. The van der Waals surface area contributed by atoms with Crippen molar-refractivity contribution in [3.63, 3.8) is 0 Å². The van der Waals surface area contributed by atoms with Gasteiger partial charge in [0.15, 0.2) is 11.5 Å². The van der Waals surface area contributed by atoms with Crippen molar-refractivity contribution in [2.45, 2.75) is 6.42 Å². The highest BCUT2D eigenvalue weighted by Gasteiger charge is 2.16. The van der Waals surface area contributed by atoms with Gasteiger partial charge in [0, 0.05) is 18.2 Å². The molecule has 1 aromatic rings. The Morgan fingerprint density at radius 1 is 1.35 bits per heavy atom. The Morgan fingerprint density at radius 3 is 2.88 bits per heavy atom. The van der Waals surface area contributed by atoms with Crippen LogP contribution in [0.2, 0.25) is 5.02 Å². The zero-order valence-electron chi connectivity index (χ0n) is 8.96. The Morgan fingerprint density at radius 2 is 2.12 bits per heavy atom. The summed E-state index contributed by atoms with van der Waals surface area (Å²) in [5, 5.41) is 3.02. The van der Waals surface area contributed by atoms with E-state index < -0.39 is 0 Å². The molecule has 2 rings (SSSR count). The Balaban J connectivity index is 2.28. The Kier molecular flexibility index (Phi) is 3.97. The first-order chi connectivity index (χ1) is 8.20. The topological polar surface area (TPSA) is 47.6 Å². The van der Waals surface area contributed by atoms with E-state index in [1.807, 2.05) is 0 Å². The molecule has 0 aliphatic carbocycles. The van der Waals surface area contributed by atoms with E-state index in [0.717, 1.165) is 6.42 Å². The molecule has 0 atom stereocenters. The number of benzene rings is 1. The molecule has 17 heavy (non-hydrogen) atoms. The fourth-order valence-corrected chi connectivity index (χ4v) is 1.83. The second kappa shape index (κ2) is 5.47. The Hall–Kier alpha value is -1.13. The summed E-state index contributed by atoms with van der Waals surface area (Å²) in [4.78, 5) is 11.2. The number of hydrogen-bond acceptors (Lipinski definition) is 3. The first-order valence-corrected chi connectivity index (χ1v) is 6.07. The summed E-state index contributed by atoms with van der Waals surface area (Å²) < 4.78 is 11.0. The highest BCUT2D eigenvalue weighted by Crippen LogP contribution is 2.39. The van der Waals surface area contributed by atoms with Crippen LogP contribution in [0.4, 0.5) is 5.69 Å². The number of halogens is 2. The summed E-state index contributed by atoms with van der Waals surface area (Å²) in [7, 11) is 0. The molecular weight excluding hydrogens is 265 g/mol. The number of amides is 1. The lowest BCUT2D eigenvalue weighted by Crippen LogP contribution is -2.12. The second-order valence-corrected chi connectivity index (χ2v) is 4.19. The van der Waals surface area contributed by atoms with Crippen LogP contribution in [0.25, 0.3) is 0 Å². The van der Waals surface area contributed by atoms with Gasteiger partial charge in [0.05, 0.1) is 18.2 Å². The smallest absolute Gasteiger partial charge is 0.239 e. The van der Waals surface area contributed by atoms with Crippen LogP contribution >= 0.6 is 23.2 Å². The lowest BCUT2D eigenvalue weighted by atomic mass is 10.2. The number of ether oxygens (including phenoxy) is 2. The molecule has 6 heteroatoms. The summed E-state index contributed by atoms with van der Waals surface area (Å²) in [6.45, 7) is 1.14. The number of anilines is 1. The molecule has 1 aliphatic heterocycles. The third kappa shape index (κ3) is 2.96. The third-order valence-corrected chi connectivity index (χ3v) is 2.73. The maximum Gasteiger partial charge on any atom is 0.239 e. The van der Waals surface area contributed by atoms with Gasteiger partial charge in [0.1, 0.15) is 5.88 Å². The average Bonchev–Trinajstić information content (AvgIpc) is 2.54. The molecule has 1 aliphatic rings. The lowest BCUT2D eigenvalue weighted by Gasteiger charge is -2.11. The molecular formula is C11H11Cl2NO3. The zero-order valence-corrected chi connectivity index (χ0v) is 10.5. The van der Waals surface area contributed by atoms with E-state index in [1.165, 1.54) is 0 Å². The minimum Gasteiger partial charge on any atom is -0.489 e. The van der Waals surface area contributed by atoms with Crippen LogP contribution in [0.1, 0.15) is 6.42 Å². The third-order valence-electron chi connectivity index (χ3n) is 2.21. The SMILES string of the molecule is O=C(CCl)Nc1cc(Cl)c2c(c1)OCCCO2. The number of carbonyl (C=O) groups excluding carboxylic acids is 1. The van der Waals surface area contributed by atoms with E-state index in [1.54, 1.807) is 12.1 Å². The highest BCUT2D eigenvalue weighted by atomic mass is 35.5. The van der Waals surface area contributed by atoms with Gasteiger partial charge in [-0.3, -0.25) is 4.79 Å². The van der Waals surface area contributed by atoms with E-state index in [2.05, 4.69) is 5.32 Å². The van der Waals surface area contributed by atoms with E-state index in [9.17, 15) is 4.79 Å². The second-order valence-electron chi connectivity index (χ2n) is 3.52.